The Labute approximate surface area is 184 Å². The first kappa shape index (κ1) is 22.0. The number of esters is 1. The number of ether oxygens (including phenoxy) is 1. The van der Waals surface area contributed by atoms with E-state index in [0.29, 0.717) is 10.5 Å². The Morgan fingerprint density at radius 3 is 2.48 bits per heavy atom. The van der Waals surface area contributed by atoms with E-state index in [1.165, 1.54) is 16.7 Å². The zero-order valence-corrected chi connectivity index (χ0v) is 17.9. The molecule has 10 heteroatoms. The van der Waals surface area contributed by atoms with Gasteiger partial charge in [0, 0.05) is 24.7 Å². The number of aromatic nitrogens is 3. The minimum atomic E-state index is -0.544. The van der Waals surface area contributed by atoms with Crippen LogP contribution < -0.4 is 11.1 Å². The van der Waals surface area contributed by atoms with Gasteiger partial charge < -0.3 is 20.7 Å². The Hall–Kier alpha value is -3.66. The van der Waals surface area contributed by atoms with Crippen molar-refractivity contribution < 1.29 is 14.3 Å². The molecular formula is C21H22N6O3S. The third-order valence-corrected chi connectivity index (χ3v) is 5.08. The summed E-state index contributed by atoms with van der Waals surface area (Å²) in [4.78, 5) is 39.0. The lowest BCUT2D eigenvalue weighted by Gasteiger charge is -2.12. The van der Waals surface area contributed by atoms with E-state index in [1.807, 2.05) is 30.3 Å². The second-order valence-electron chi connectivity index (χ2n) is 6.57. The topological polar surface area (TPSA) is 123 Å². The highest BCUT2D eigenvalue weighted by molar-refractivity contribution is 8.00. The maximum absolute atomic E-state index is 12.6. The Kier molecular flexibility index (Phi) is 7.39. The van der Waals surface area contributed by atoms with Gasteiger partial charge in [0.25, 0.3) is 0 Å². The summed E-state index contributed by atoms with van der Waals surface area (Å²) in [6.07, 6.45) is 0. The van der Waals surface area contributed by atoms with Crippen molar-refractivity contribution in [1.29, 1.82) is 0 Å². The van der Waals surface area contributed by atoms with E-state index in [1.54, 1.807) is 38.4 Å². The highest BCUT2D eigenvalue weighted by Crippen LogP contribution is 2.24. The molecule has 0 fully saturated rings. The molecule has 0 bridgehead atoms. The fourth-order valence-electron chi connectivity index (χ4n) is 2.45. The number of nitrogen functional groups attached to an aromatic ring is 1. The molecule has 1 amide bonds. The quantitative estimate of drug-likeness (QED) is 0.403. The number of rotatable bonds is 8. The van der Waals surface area contributed by atoms with Crippen molar-refractivity contribution in [2.45, 2.75) is 11.5 Å². The number of carbonyl (C=O) groups is 2. The highest BCUT2D eigenvalue weighted by Gasteiger charge is 2.16. The van der Waals surface area contributed by atoms with Crippen molar-refractivity contribution in [3.05, 3.63) is 66.0 Å². The van der Waals surface area contributed by atoms with Gasteiger partial charge in [-0.1, -0.05) is 30.3 Å². The van der Waals surface area contributed by atoms with Gasteiger partial charge in [0.05, 0.1) is 11.3 Å². The fraction of sp³-hybridized carbons (Fsp3) is 0.190. The summed E-state index contributed by atoms with van der Waals surface area (Å²) >= 11 is 1.28. The number of benzene rings is 2. The average Bonchev–Trinajstić information content (AvgIpc) is 2.76. The summed E-state index contributed by atoms with van der Waals surface area (Å²) in [5.74, 6) is 0.104. The van der Waals surface area contributed by atoms with Crippen LogP contribution in [0.1, 0.15) is 16.2 Å². The number of nitrogens with zero attached hydrogens (tertiary/aromatic N) is 4. The maximum Gasteiger partial charge on any atom is 0.339 e. The van der Waals surface area contributed by atoms with Gasteiger partial charge in [-0.15, -0.1) is 11.8 Å². The summed E-state index contributed by atoms with van der Waals surface area (Å²) in [6.45, 7) is -0.176. The van der Waals surface area contributed by atoms with Gasteiger partial charge in [-0.3, -0.25) is 4.79 Å². The zero-order valence-electron chi connectivity index (χ0n) is 17.1. The maximum atomic E-state index is 12.6. The van der Waals surface area contributed by atoms with Crippen LogP contribution in [0.2, 0.25) is 0 Å². The first-order chi connectivity index (χ1) is 14.9. The Balaban J connectivity index is 1.66. The number of amides is 1. The largest absolute Gasteiger partial charge is 0.454 e. The molecule has 0 saturated carbocycles. The van der Waals surface area contributed by atoms with Crippen LogP contribution in [0.15, 0.2) is 59.5 Å². The van der Waals surface area contributed by atoms with E-state index in [2.05, 4.69) is 20.3 Å². The van der Waals surface area contributed by atoms with Crippen molar-refractivity contribution in [1.82, 2.24) is 19.9 Å². The third kappa shape index (κ3) is 6.41. The molecule has 2 aromatic carbocycles. The smallest absolute Gasteiger partial charge is 0.339 e. The summed E-state index contributed by atoms with van der Waals surface area (Å²) < 4.78 is 5.39. The van der Waals surface area contributed by atoms with Gasteiger partial charge in [0.2, 0.25) is 17.8 Å². The Bertz CT molecular complexity index is 1060. The molecule has 0 spiro atoms. The number of anilines is 3. The monoisotopic (exact) mass is 438 g/mol. The number of nitrogens with one attached hydrogen (secondary N) is 1. The summed E-state index contributed by atoms with van der Waals surface area (Å²) in [6, 6.07) is 16.3. The summed E-state index contributed by atoms with van der Waals surface area (Å²) in [5.41, 5.74) is 6.92. The van der Waals surface area contributed by atoms with Gasteiger partial charge >= 0.3 is 5.97 Å². The molecule has 0 aliphatic heterocycles. The van der Waals surface area contributed by atoms with Crippen LogP contribution in [0.5, 0.6) is 0 Å². The van der Waals surface area contributed by atoms with Crippen LogP contribution in [-0.4, -0.2) is 51.6 Å². The molecule has 31 heavy (non-hydrogen) atoms. The van der Waals surface area contributed by atoms with E-state index in [0.717, 1.165) is 5.69 Å². The van der Waals surface area contributed by atoms with Crippen molar-refractivity contribution in [2.75, 3.05) is 30.9 Å². The van der Waals surface area contributed by atoms with Crippen LogP contribution in [0.3, 0.4) is 0 Å². The molecule has 0 radical (unpaired) electrons. The first-order valence-electron chi connectivity index (χ1n) is 9.34. The number of nitrogens with two attached hydrogens (primary N) is 1. The SMILES string of the molecule is CN(C)C(=O)CSc1ccccc1C(=O)OCc1nc(N)nc(Nc2ccccc2)n1. The number of thioether (sulfide) groups is 1. The van der Waals surface area contributed by atoms with Crippen LogP contribution in [0.4, 0.5) is 17.6 Å². The number of hydrogen-bond donors (Lipinski definition) is 2. The molecule has 0 saturated heterocycles. The van der Waals surface area contributed by atoms with Crippen molar-refractivity contribution >= 4 is 41.2 Å². The molecule has 0 aliphatic rings. The second-order valence-corrected chi connectivity index (χ2v) is 7.59. The lowest BCUT2D eigenvalue weighted by Crippen LogP contribution is -2.23. The minimum absolute atomic E-state index is 0.0117. The Morgan fingerprint density at radius 1 is 1.03 bits per heavy atom. The molecule has 160 valence electrons. The molecule has 1 aromatic heterocycles. The molecule has 0 aliphatic carbocycles. The van der Waals surface area contributed by atoms with Gasteiger partial charge in [0.15, 0.2) is 12.4 Å². The van der Waals surface area contributed by atoms with Gasteiger partial charge in [-0.2, -0.15) is 15.0 Å². The number of carbonyl (C=O) groups excluding carboxylic acids is 2. The van der Waals surface area contributed by atoms with Crippen LogP contribution in [0, 0.1) is 0 Å². The van der Waals surface area contributed by atoms with Crippen molar-refractivity contribution in [3.8, 4) is 0 Å². The predicted molar refractivity (Wildman–Crippen MR) is 119 cm³/mol. The zero-order chi connectivity index (χ0) is 22.2. The number of hydrogen-bond acceptors (Lipinski definition) is 9. The molecule has 3 rings (SSSR count). The van der Waals surface area contributed by atoms with Crippen LogP contribution >= 0.6 is 11.8 Å². The van der Waals surface area contributed by atoms with Gasteiger partial charge in [0.1, 0.15) is 0 Å². The fourth-order valence-corrected chi connectivity index (χ4v) is 3.47. The molecular weight excluding hydrogens is 416 g/mol. The number of para-hydroxylation sites is 1. The lowest BCUT2D eigenvalue weighted by atomic mass is 10.2. The third-order valence-electron chi connectivity index (χ3n) is 4.02. The minimum Gasteiger partial charge on any atom is -0.454 e. The molecule has 3 N–H and O–H groups in total. The highest BCUT2D eigenvalue weighted by atomic mass is 32.2. The van der Waals surface area contributed by atoms with E-state index in [-0.39, 0.29) is 36.0 Å². The standard InChI is InChI=1S/C21H22N6O3S/c1-27(2)18(28)13-31-16-11-7-6-10-15(16)19(29)30-12-17-24-20(22)26-21(25-17)23-14-8-4-3-5-9-14/h3-11H,12-13H2,1-2H3,(H3,22,23,24,25,26). The van der Waals surface area contributed by atoms with E-state index in [4.69, 9.17) is 10.5 Å². The lowest BCUT2D eigenvalue weighted by molar-refractivity contribution is -0.125. The molecule has 0 unspecified atom stereocenters. The molecule has 1 heterocycles. The van der Waals surface area contributed by atoms with E-state index in [9.17, 15) is 9.59 Å². The average molecular weight is 439 g/mol. The summed E-state index contributed by atoms with van der Waals surface area (Å²) in [5, 5.41) is 3.03. The van der Waals surface area contributed by atoms with E-state index < -0.39 is 5.97 Å². The molecule has 0 atom stereocenters. The predicted octanol–water partition coefficient (Wildman–Crippen LogP) is 2.73. The first-order valence-corrected chi connectivity index (χ1v) is 10.3. The van der Waals surface area contributed by atoms with Gasteiger partial charge in [-0.05, 0) is 24.3 Å². The Morgan fingerprint density at radius 2 is 1.74 bits per heavy atom. The van der Waals surface area contributed by atoms with Gasteiger partial charge in [-0.25, -0.2) is 4.79 Å². The van der Waals surface area contributed by atoms with Crippen molar-refractivity contribution in [3.63, 3.8) is 0 Å². The summed E-state index contributed by atoms with van der Waals surface area (Å²) in [7, 11) is 3.37. The van der Waals surface area contributed by atoms with E-state index >= 15 is 0 Å². The molecule has 9 nitrogen and oxygen atoms in total. The van der Waals surface area contributed by atoms with Crippen molar-refractivity contribution in [2.24, 2.45) is 0 Å². The van der Waals surface area contributed by atoms with Crippen LogP contribution in [0.25, 0.3) is 0 Å². The van der Waals surface area contributed by atoms with Crippen LogP contribution in [-0.2, 0) is 16.1 Å². The normalized spacial score (nSPS) is 10.4. The second kappa shape index (κ2) is 10.4. The molecule has 3 aromatic rings.